The number of aliphatic hydroxyl groups is 1. The predicted molar refractivity (Wildman–Crippen MR) is 106 cm³/mol. The van der Waals surface area contributed by atoms with E-state index in [4.69, 9.17) is 0 Å². The molecule has 2 aromatic rings. The first-order valence-electron chi connectivity index (χ1n) is 9.66. The molecule has 156 valence electrons. The van der Waals surface area contributed by atoms with Crippen molar-refractivity contribution in [3.8, 4) is 0 Å². The number of aromatic nitrogens is 1. The molecule has 7 heteroatoms. The number of aliphatic hydroxyl groups excluding tert-OH is 1. The number of carboxylic acids is 1. The van der Waals surface area contributed by atoms with Gasteiger partial charge in [0.25, 0.3) is 5.91 Å². The van der Waals surface area contributed by atoms with Crippen molar-refractivity contribution >= 4 is 11.9 Å². The Labute approximate surface area is 169 Å². The molecule has 0 bridgehead atoms. The van der Waals surface area contributed by atoms with Crippen molar-refractivity contribution in [2.45, 2.75) is 45.3 Å². The molecule has 1 aliphatic heterocycles. The Bertz CT molecular complexity index is 918. The molecule has 1 fully saturated rings. The molecule has 2 atom stereocenters. The van der Waals surface area contributed by atoms with Crippen LogP contribution >= 0.6 is 0 Å². The van der Waals surface area contributed by atoms with Gasteiger partial charge in [-0.05, 0) is 57.4 Å². The zero-order valence-corrected chi connectivity index (χ0v) is 16.9. The summed E-state index contributed by atoms with van der Waals surface area (Å²) in [6.45, 7) is 6.19. The third-order valence-corrected chi connectivity index (χ3v) is 5.62. The fourth-order valence-electron chi connectivity index (χ4n) is 3.85. The van der Waals surface area contributed by atoms with Crippen LogP contribution in [0.5, 0.6) is 0 Å². The van der Waals surface area contributed by atoms with Crippen molar-refractivity contribution < 1.29 is 24.2 Å². The largest absolute Gasteiger partial charge is 0.481 e. The van der Waals surface area contributed by atoms with Crippen LogP contribution in [-0.4, -0.2) is 50.8 Å². The van der Waals surface area contributed by atoms with Crippen molar-refractivity contribution in [3.05, 3.63) is 59.7 Å². The number of aliphatic carboxylic acids is 1. The number of halogens is 1. The molecular formula is C22H27FN2O4. The van der Waals surface area contributed by atoms with Gasteiger partial charge in [0.15, 0.2) is 0 Å². The number of benzene rings is 1. The van der Waals surface area contributed by atoms with Crippen LogP contribution in [0.15, 0.2) is 42.7 Å². The monoisotopic (exact) mass is 402 g/mol. The van der Waals surface area contributed by atoms with E-state index in [0.717, 1.165) is 0 Å². The predicted octanol–water partition coefficient (Wildman–Crippen LogP) is 2.90. The molecule has 1 aliphatic rings. The van der Waals surface area contributed by atoms with E-state index in [9.17, 15) is 24.2 Å². The van der Waals surface area contributed by atoms with Crippen LogP contribution in [0.3, 0.4) is 0 Å². The third-order valence-electron chi connectivity index (χ3n) is 5.62. The molecule has 0 spiro atoms. The highest BCUT2D eigenvalue weighted by molar-refractivity contribution is 5.94. The molecule has 2 N–H and O–H groups in total. The number of amides is 1. The van der Waals surface area contributed by atoms with Gasteiger partial charge in [0, 0.05) is 31.0 Å². The molecule has 29 heavy (non-hydrogen) atoms. The lowest BCUT2D eigenvalue weighted by atomic mass is 9.72. The highest BCUT2D eigenvalue weighted by Crippen LogP contribution is 2.35. The van der Waals surface area contributed by atoms with E-state index >= 15 is 0 Å². The van der Waals surface area contributed by atoms with Crippen LogP contribution in [0.2, 0.25) is 0 Å². The number of likely N-dealkylation sites (tertiary alicyclic amines) is 1. The Morgan fingerprint density at radius 1 is 1.28 bits per heavy atom. The minimum atomic E-state index is -1.59. The smallest absolute Gasteiger partial charge is 0.314 e. The van der Waals surface area contributed by atoms with E-state index < -0.39 is 23.3 Å². The molecule has 1 amide bonds. The summed E-state index contributed by atoms with van der Waals surface area (Å²) < 4.78 is 15.5. The molecule has 1 aromatic carbocycles. The molecule has 0 aliphatic carbocycles. The van der Waals surface area contributed by atoms with Crippen molar-refractivity contribution in [1.29, 1.82) is 0 Å². The Kier molecular flexibility index (Phi) is 5.54. The van der Waals surface area contributed by atoms with E-state index in [0.29, 0.717) is 11.1 Å². The quantitative estimate of drug-likeness (QED) is 0.824. The van der Waals surface area contributed by atoms with Crippen LogP contribution in [0.25, 0.3) is 0 Å². The molecule has 3 rings (SSSR count). The van der Waals surface area contributed by atoms with Crippen LogP contribution in [0.4, 0.5) is 4.39 Å². The number of carboxylic acid groups (broad SMARTS) is 1. The van der Waals surface area contributed by atoms with Crippen LogP contribution in [-0.2, 0) is 16.8 Å². The van der Waals surface area contributed by atoms with Gasteiger partial charge in [-0.15, -0.1) is 0 Å². The minimum Gasteiger partial charge on any atom is -0.481 e. The SMILES string of the molecule is CC(C)(C)n1ccc(C(=O)N2CC[C@H](O)[C@](Cc3cccc(F)c3)(C(=O)O)C2)c1. The first-order valence-corrected chi connectivity index (χ1v) is 9.66. The maximum atomic E-state index is 13.6. The molecule has 6 nitrogen and oxygen atoms in total. The number of carbonyl (C=O) groups excluding carboxylic acids is 1. The fourth-order valence-corrected chi connectivity index (χ4v) is 3.85. The second kappa shape index (κ2) is 7.63. The number of rotatable bonds is 4. The van der Waals surface area contributed by atoms with Gasteiger partial charge in [-0.25, -0.2) is 4.39 Å². The number of hydrogen-bond acceptors (Lipinski definition) is 3. The lowest BCUT2D eigenvalue weighted by Crippen LogP contribution is -2.58. The van der Waals surface area contributed by atoms with E-state index in [1.54, 1.807) is 18.3 Å². The Balaban J connectivity index is 1.88. The standard InChI is InChI=1S/C22H27FN2O4/c1-21(2,3)25-10-7-16(13-25)19(27)24-9-8-18(26)22(14-24,20(28)29)12-15-5-4-6-17(23)11-15/h4-7,10-11,13,18,26H,8-9,12,14H2,1-3H3,(H,28,29)/t18-,22+/m0/s1. The Morgan fingerprint density at radius 2 is 2.00 bits per heavy atom. The number of nitrogens with zero attached hydrogens (tertiary/aromatic N) is 2. The van der Waals surface area contributed by atoms with Crippen LogP contribution in [0.1, 0.15) is 43.1 Å². The van der Waals surface area contributed by atoms with Gasteiger partial charge in [0.1, 0.15) is 11.2 Å². The van der Waals surface area contributed by atoms with E-state index in [1.807, 2.05) is 31.5 Å². The zero-order chi connectivity index (χ0) is 21.4. The normalized spacial score (nSPS) is 22.5. The van der Waals surface area contributed by atoms with Gasteiger partial charge in [0.2, 0.25) is 0 Å². The van der Waals surface area contributed by atoms with E-state index in [-0.39, 0.29) is 37.4 Å². The number of carbonyl (C=O) groups is 2. The summed E-state index contributed by atoms with van der Waals surface area (Å²) in [5, 5.41) is 20.6. The first kappa shape index (κ1) is 21.0. The van der Waals surface area contributed by atoms with Gasteiger partial charge in [-0.1, -0.05) is 12.1 Å². The molecular weight excluding hydrogens is 375 g/mol. The van der Waals surface area contributed by atoms with Gasteiger partial charge in [-0.3, -0.25) is 9.59 Å². The average Bonchev–Trinajstić information content (AvgIpc) is 3.13. The maximum absolute atomic E-state index is 13.6. The lowest BCUT2D eigenvalue weighted by Gasteiger charge is -2.43. The molecule has 0 saturated carbocycles. The summed E-state index contributed by atoms with van der Waals surface area (Å²) in [7, 11) is 0. The summed E-state index contributed by atoms with van der Waals surface area (Å²) in [6, 6.07) is 7.40. The first-order chi connectivity index (χ1) is 13.5. The second-order valence-electron chi connectivity index (χ2n) is 8.78. The third kappa shape index (κ3) is 4.19. The Morgan fingerprint density at radius 3 is 2.59 bits per heavy atom. The fraction of sp³-hybridized carbons (Fsp3) is 0.455. The maximum Gasteiger partial charge on any atom is 0.314 e. The minimum absolute atomic E-state index is 0.0615. The van der Waals surface area contributed by atoms with Gasteiger partial charge < -0.3 is 19.7 Å². The Hall–Kier alpha value is -2.67. The molecule has 1 aromatic heterocycles. The van der Waals surface area contributed by atoms with Crippen molar-refractivity contribution in [2.75, 3.05) is 13.1 Å². The second-order valence-corrected chi connectivity index (χ2v) is 8.78. The molecule has 1 saturated heterocycles. The molecule has 0 unspecified atom stereocenters. The highest BCUT2D eigenvalue weighted by atomic mass is 19.1. The number of hydrogen-bond donors (Lipinski definition) is 2. The summed E-state index contributed by atoms with van der Waals surface area (Å²) in [4.78, 5) is 26.7. The zero-order valence-electron chi connectivity index (χ0n) is 16.9. The van der Waals surface area contributed by atoms with Crippen LogP contribution in [0, 0.1) is 11.2 Å². The van der Waals surface area contributed by atoms with E-state index in [2.05, 4.69) is 0 Å². The van der Waals surface area contributed by atoms with E-state index in [1.165, 1.54) is 23.1 Å². The lowest BCUT2D eigenvalue weighted by molar-refractivity contribution is -0.161. The summed E-state index contributed by atoms with van der Waals surface area (Å²) >= 11 is 0. The summed E-state index contributed by atoms with van der Waals surface area (Å²) in [5.41, 5.74) is -0.825. The highest BCUT2D eigenvalue weighted by Gasteiger charge is 2.50. The van der Waals surface area contributed by atoms with Gasteiger partial charge in [-0.2, -0.15) is 0 Å². The van der Waals surface area contributed by atoms with Gasteiger partial charge >= 0.3 is 5.97 Å². The van der Waals surface area contributed by atoms with Crippen LogP contribution < -0.4 is 0 Å². The van der Waals surface area contributed by atoms with Crippen molar-refractivity contribution in [2.24, 2.45) is 5.41 Å². The topological polar surface area (TPSA) is 82.8 Å². The number of piperidine rings is 1. The van der Waals surface area contributed by atoms with Gasteiger partial charge in [0.05, 0.1) is 11.7 Å². The summed E-state index contributed by atoms with van der Waals surface area (Å²) in [6.07, 6.45) is 2.53. The van der Waals surface area contributed by atoms with Crippen molar-refractivity contribution in [1.82, 2.24) is 9.47 Å². The molecule has 0 radical (unpaired) electrons. The summed E-state index contributed by atoms with van der Waals surface area (Å²) in [5.74, 6) is -1.94. The average molecular weight is 402 g/mol. The molecule has 2 heterocycles. The van der Waals surface area contributed by atoms with Crippen molar-refractivity contribution in [3.63, 3.8) is 0 Å².